The molecule has 13 heteroatoms. The lowest BCUT2D eigenvalue weighted by Crippen LogP contribution is -2.40. The smallest absolute Gasteiger partial charge is 0.263 e. The molecule has 0 unspecified atom stereocenters. The molecule has 12 nitrogen and oxygen atoms in total. The fourth-order valence-corrected chi connectivity index (χ4v) is 5.73. The van der Waals surface area contributed by atoms with Gasteiger partial charge in [0.15, 0.2) is 0 Å². The van der Waals surface area contributed by atoms with E-state index in [0.717, 1.165) is 11.1 Å². The highest BCUT2D eigenvalue weighted by atomic mass is 32.2. The maximum absolute atomic E-state index is 13.1. The quantitative estimate of drug-likeness (QED) is 0.293. The zero-order valence-electron chi connectivity index (χ0n) is 21.5. The summed E-state index contributed by atoms with van der Waals surface area (Å²) in [4.78, 5) is 29.9. The van der Waals surface area contributed by atoms with Gasteiger partial charge in [-0.3, -0.25) is 14.6 Å². The van der Waals surface area contributed by atoms with Gasteiger partial charge in [0, 0.05) is 37.9 Å². The van der Waals surface area contributed by atoms with Crippen molar-refractivity contribution in [1.29, 1.82) is 5.26 Å². The van der Waals surface area contributed by atoms with Crippen LogP contribution in [0.5, 0.6) is 5.88 Å². The highest BCUT2D eigenvalue weighted by Crippen LogP contribution is 2.43. The number of fused-ring (bicyclic) bond motifs is 1. The van der Waals surface area contributed by atoms with Gasteiger partial charge in [-0.05, 0) is 54.3 Å². The minimum absolute atomic E-state index is 0.00255. The number of carbonyl (C=O) groups excluding carboxylic acids is 1. The molecule has 40 heavy (non-hydrogen) atoms. The van der Waals surface area contributed by atoms with E-state index in [4.69, 9.17) is 10.00 Å². The molecule has 4 aromatic rings. The number of pyridine rings is 2. The summed E-state index contributed by atoms with van der Waals surface area (Å²) in [5.74, 6) is -0.577. The summed E-state index contributed by atoms with van der Waals surface area (Å²) >= 11 is 0. The lowest BCUT2D eigenvalue weighted by Gasteiger charge is -2.18. The van der Waals surface area contributed by atoms with Crippen LogP contribution in [-0.2, 0) is 30.2 Å². The molecule has 1 saturated carbocycles. The number of carbonyl (C=O) groups is 1. The Balaban J connectivity index is 1.31. The average molecular weight is 560 g/mol. The van der Waals surface area contributed by atoms with Crippen LogP contribution in [0.25, 0.3) is 10.9 Å². The van der Waals surface area contributed by atoms with Crippen LogP contribution in [0.15, 0.2) is 65.8 Å². The monoisotopic (exact) mass is 559 g/mol. The van der Waals surface area contributed by atoms with Gasteiger partial charge >= 0.3 is 0 Å². The third-order valence-corrected chi connectivity index (χ3v) is 9.03. The Hall–Kier alpha value is -4.67. The summed E-state index contributed by atoms with van der Waals surface area (Å²) < 4.78 is 34.7. The summed E-state index contributed by atoms with van der Waals surface area (Å²) in [6.45, 7) is 0.124. The first kappa shape index (κ1) is 26.9. The van der Waals surface area contributed by atoms with Crippen LogP contribution in [0.1, 0.15) is 39.9 Å². The molecule has 3 heterocycles. The highest BCUT2D eigenvalue weighted by Gasteiger charge is 2.55. The Morgan fingerprint density at radius 1 is 1.12 bits per heavy atom. The van der Waals surface area contributed by atoms with Crippen molar-refractivity contribution >= 4 is 26.8 Å². The summed E-state index contributed by atoms with van der Waals surface area (Å²) in [5, 5.41) is 20.0. The maximum atomic E-state index is 13.1. The lowest BCUT2D eigenvalue weighted by atomic mass is 10.1. The van der Waals surface area contributed by atoms with Gasteiger partial charge in [-0.15, -0.1) is 5.10 Å². The second-order valence-corrected chi connectivity index (χ2v) is 11.7. The second-order valence-electron chi connectivity index (χ2n) is 9.52. The number of nitriles is 1. The first-order valence-corrected chi connectivity index (χ1v) is 13.8. The molecule has 204 valence electrons. The molecule has 0 radical (unpaired) electrons. The number of nitrogens with zero attached hydrogens (tertiary/aromatic N) is 5. The average Bonchev–Trinajstić information content (AvgIpc) is 3.78. The maximum Gasteiger partial charge on any atom is 0.263 e. The van der Waals surface area contributed by atoms with E-state index in [1.54, 1.807) is 48.8 Å². The predicted molar refractivity (Wildman–Crippen MR) is 145 cm³/mol. The van der Waals surface area contributed by atoms with Crippen molar-refractivity contribution in [2.75, 3.05) is 6.61 Å². The zero-order valence-corrected chi connectivity index (χ0v) is 22.3. The van der Waals surface area contributed by atoms with Crippen molar-refractivity contribution in [2.45, 2.75) is 30.7 Å². The first-order valence-electron chi connectivity index (χ1n) is 12.4. The Bertz CT molecular complexity index is 1780. The van der Waals surface area contributed by atoms with E-state index >= 15 is 0 Å². The molecule has 0 aliphatic heterocycles. The summed E-state index contributed by atoms with van der Waals surface area (Å²) in [6, 6.07) is 13.6. The molecule has 0 spiro atoms. The number of hydrogen-bond acceptors (Lipinski definition) is 9. The fraction of sp³-hybridized carbons (Fsp3) is 0.259. The Labute approximate surface area is 229 Å². The van der Waals surface area contributed by atoms with Crippen molar-refractivity contribution < 1.29 is 17.9 Å². The third-order valence-electron chi connectivity index (χ3n) is 6.84. The van der Waals surface area contributed by atoms with Crippen molar-refractivity contribution in [2.24, 2.45) is 7.05 Å². The van der Waals surface area contributed by atoms with Crippen molar-refractivity contribution in [3.8, 4) is 11.9 Å². The van der Waals surface area contributed by atoms with E-state index in [9.17, 15) is 18.0 Å². The van der Waals surface area contributed by atoms with Crippen molar-refractivity contribution in [3.63, 3.8) is 0 Å². The molecule has 3 aromatic heterocycles. The summed E-state index contributed by atoms with van der Waals surface area (Å²) in [6.07, 6.45) is 5.42. The molecule has 5 rings (SSSR count). The lowest BCUT2D eigenvalue weighted by molar-refractivity contribution is 0.0949. The summed E-state index contributed by atoms with van der Waals surface area (Å²) in [7, 11) is -2.24. The predicted octanol–water partition coefficient (Wildman–Crippen LogP) is 1.56. The number of nitrogens with one attached hydrogen (secondary N) is 2. The number of aromatic nitrogens is 4. The molecule has 1 aliphatic carbocycles. The van der Waals surface area contributed by atoms with Gasteiger partial charge in [-0.2, -0.15) is 10.4 Å². The molecule has 1 aliphatic rings. The van der Waals surface area contributed by atoms with Crippen LogP contribution in [0.2, 0.25) is 0 Å². The van der Waals surface area contributed by atoms with E-state index in [1.165, 1.54) is 23.9 Å². The normalized spacial score (nSPS) is 13.9. The molecular formula is C27H25N7O5S. The van der Waals surface area contributed by atoms with Gasteiger partial charge in [0.2, 0.25) is 10.0 Å². The molecule has 1 fully saturated rings. The van der Waals surface area contributed by atoms with Crippen LogP contribution in [0.3, 0.4) is 0 Å². The largest absolute Gasteiger partial charge is 0.473 e. The van der Waals surface area contributed by atoms with Crippen molar-refractivity contribution in [1.82, 2.24) is 29.8 Å². The van der Waals surface area contributed by atoms with Gasteiger partial charge in [0.05, 0.1) is 17.8 Å². The van der Waals surface area contributed by atoms with E-state index in [1.807, 2.05) is 6.07 Å². The number of aryl methyl sites for hydroxylation is 1. The Morgan fingerprint density at radius 3 is 2.50 bits per heavy atom. The number of ether oxygens (including phenoxy) is 1. The molecule has 0 atom stereocenters. The van der Waals surface area contributed by atoms with Gasteiger partial charge in [0.25, 0.3) is 17.3 Å². The van der Waals surface area contributed by atoms with Gasteiger partial charge in [-0.25, -0.2) is 13.1 Å². The minimum Gasteiger partial charge on any atom is -0.473 e. The molecule has 1 amide bonds. The Morgan fingerprint density at radius 2 is 1.82 bits per heavy atom. The number of benzene rings is 1. The number of sulfonamides is 1. The van der Waals surface area contributed by atoms with Gasteiger partial charge < -0.3 is 14.6 Å². The molecule has 0 bridgehead atoms. The standard InChI is InChI=1S/C27H25N7O5S/c1-34-23-21(12-22(26(34)36)24(35)30-14-19-4-2-18(13-28)3-5-19)16-31-33-25(23)39-17-27(8-9-27)40(37,38)32-15-20-6-10-29-11-7-20/h2-7,10-12,16,32H,8-9,14-15,17H2,1H3,(H,30,35). The van der Waals surface area contributed by atoms with Crippen LogP contribution in [-0.4, -0.2) is 45.4 Å². The zero-order chi connectivity index (χ0) is 28.3. The van der Waals surface area contributed by atoms with E-state index < -0.39 is 26.2 Å². The first-order chi connectivity index (χ1) is 19.2. The number of rotatable bonds is 10. The van der Waals surface area contributed by atoms with Crippen LogP contribution in [0, 0.1) is 11.3 Å². The topological polar surface area (TPSA) is 169 Å². The van der Waals surface area contributed by atoms with Gasteiger partial charge in [0.1, 0.15) is 22.4 Å². The SMILES string of the molecule is Cn1c(=O)c(C(=O)NCc2ccc(C#N)cc2)cc2cnnc(OCC3(S(=O)(=O)NCc4ccncc4)CC3)c21. The van der Waals surface area contributed by atoms with Crippen LogP contribution < -0.4 is 20.3 Å². The van der Waals surface area contributed by atoms with E-state index in [0.29, 0.717) is 29.3 Å². The second kappa shape index (κ2) is 10.8. The highest BCUT2D eigenvalue weighted by molar-refractivity contribution is 7.91. The number of hydrogen-bond donors (Lipinski definition) is 2. The van der Waals surface area contributed by atoms with Crippen LogP contribution >= 0.6 is 0 Å². The third kappa shape index (κ3) is 5.40. The fourth-order valence-electron chi connectivity index (χ4n) is 4.21. The van der Waals surface area contributed by atoms with Gasteiger partial charge in [-0.1, -0.05) is 12.1 Å². The number of amides is 1. The molecule has 2 N–H and O–H groups in total. The van der Waals surface area contributed by atoms with E-state index in [-0.39, 0.29) is 31.1 Å². The van der Waals surface area contributed by atoms with Crippen LogP contribution in [0.4, 0.5) is 0 Å². The van der Waals surface area contributed by atoms with E-state index in [2.05, 4.69) is 25.2 Å². The Kier molecular flexibility index (Phi) is 7.29. The molecular weight excluding hydrogens is 534 g/mol. The minimum atomic E-state index is -3.72. The summed E-state index contributed by atoms with van der Waals surface area (Å²) in [5.41, 5.74) is 1.68. The molecule has 0 saturated heterocycles. The molecule has 1 aromatic carbocycles. The van der Waals surface area contributed by atoms with Crippen molar-refractivity contribution in [3.05, 3.63) is 93.7 Å².